The van der Waals surface area contributed by atoms with Crippen LogP contribution >= 0.6 is 11.6 Å². The highest BCUT2D eigenvalue weighted by Gasteiger charge is 2.46. The molecule has 1 N–H and O–H groups in total. The number of nitrogens with zero attached hydrogens (tertiary/aromatic N) is 3. The minimum absolute atomic E-state index is 0.0187. The van der Waals surface area contributed by atoms with Gasteiger partial charge < -0.3 is 4.74 Å². The van der Waals surface area contributed by atoms with Crippen LogP contribution in [0.15, 0.2) is 23.2 Å². The van der Waals surface area contributed by atoms with Gasteiger partial charge in [0, 0.05) is 0 Å². The third-order valence-electron chi connectivity index (χ3n) is 3.65. The standard InChI is InChI=1S/C14H13ClN4O4S/c1-2-23-13(20)10-7-17-19-11(10)5-9(6-12(19)15)24(21,22)18-14(8-16)3-4-14/h5-7,18H,2-4H2,1H3. The van der Waals surface area contributed by atoms with Gasteiger partial charge in [-0.2, -0.15) is 15.1 Å². The highest BCUT2D eigenvalue weighted by Crippen LogP contribution is 2.36. The minimum Gasteiger partial charge on any atom is -0.462 e. The number of nitriles is 1. The molecule has 2 aromatic heterocycles. The van der Waals surface area contributed by atoms with Gasteiger partial charge in [-0.25, -0.2) is 17.7 Å². The molecule has 2 heterocycles. The van der Waals surface area contributed by atoms with Gasteiger partial charge in [0.15, 0.2) is 0 Å². The summed E-state index contributed by atoms with van der Waals surface area (Å²) < 4.78 is 33.5. The van der Waals surface area contributed by atoms with Gasteiger partial charge in [-0.1, -0.05) is 11.6 Å². The van der Waals surface area contributed by atoms with Crippen LogP contribution in [0.2, 0.25) is 5.15 Å². The Hall–Kier alpha value is -2.15. The van der Waals surface area contributed by atoms with Gasteiger partial charge in [0.05, 0.1) is 29.3 Å². The Balaban J connectivity index is 2.08. The quantitative estimate of drug-likeness (QED) is 0.632. The monoisotopic (exact) mass is 368 g/mol. The van der Waals surface area contributed by atoms with E-state index in [2.05, 4.69) is 9.82 Å². The summed E-state index contributed by atoms with van der Waals surface area (Å²) in [7, 11) is -3.96. The predicted octanol–water partition coefficient (Wildman–Crippen LogP) is 1.50. The predicted molar refractivity (Wildman–Crippen MR) is 84.1 cm³/mol. The Bertz CT molecular complexity index is 973. The van der Waals surface area contributed by atoms with Crippen molar-refractivity contribution in [2.75, 3.05) is 6.61 Å². The molecule has 0 bridgehead atoms. The molecule has 2 aromatic rings. The number of fused-ring (bicyclic) bond motifs is 1. The van der Waals surface area contributed by atoms with E-state index in [0.717, 1.165) is 0 Å². The number of nitrogens with one attached hydrogen (secondary N) is 1. The Labute approximate surface area is 143 Å². The van der Waals surface area contributed by atoms with E-state index in [0.29, 0.717) is 12.8 Å². The van der Waals surface area contributed by atoms with Gasteiger partial charge in [-0.05, 0) is 31.9 Å². The van der Waals surface area contributed by atoms with Crippen molar-refractivity contribution in [3.05, 3.63) is 29.0 Å². The molecule has 1 aliphatic carbocycles. The summed E-state index contributed by atoms with van der Waals surface area (Å²) in [6, 6.07) is 4.45. The number of rotatable bonds is 5. The largest absolute Gasteiger partial charge is 0.462 e. The van der Waals surface area contributed by atoms with Crippen LogP contribution < -0.4 is 4.72 Å². The maximum atomic E-state index is 12.5. The molecule has 0 aliphatic heterocycles. The lowest BCUT2D eigenvalue weighted by Crippen LogP contribution is -2.35. The summed E-state index contributed by atoms with van der Waals surface area (Å²) in [5.74, 6) is -0.623. The zero-order valence-corrected chi connectivity index (χ0v) is 14.2. The molecule has 8 nitrogen and oxygen atoms in total. The van der Waals surface area contributed by atoms with Crippen LogP contribution in [0, 0.1) is 11.3 Å². The SMILES string of the molecule is CCOC(=O)c1cnn2c(Cl)cc(S(=O)(=O)NC3(C#N)CC3)cc12. The molecule has 0 amide bonds. The first kappa shape index (κ1) is 16.7. The van der Waals surface area contributed by atoms with E-state index < -0.39 is 21.5 Å². The van der Waals surface area contributed by atoms with Crippen LogP contribution in [0.25, 0.3) is 5.52 Å². The van der Waals surface area contributed by atoms with Crippen molar-refractivity contribution in [2.24, 2.45) is 0 Å². The number of carbonyl (C=O) groups is 1. The number of sulfonamides is 1. The second-order valence-corrected chi connectivity index (χ2v) is 7.46. The van der Waals surface area contributed by atoms with Crippen molar-refractivity contribution in [1.29, 1.82) is 5.26 Å². The maximum Gasteiger partial charge on any atom is 0.341 e. The highest BCUT2D eigenvalue weighted by atomic mass is 35.5. The molecule has 3 rings (SSSR count). The fourth-order valence-electron chi connectivity index (χ4n) is 2.22. The van der Waals surface area contributed by atoms with Crippen LogP contribution in [0.3, 0.4) is 0 Å². The van der Waals surface area contributed by atoms with Crippen LogP contribution in [0.5, 0.6) is 0 Å². The first-order chi connectivity index (χ1) is 11.3. The Morgan fingerprint density at radius 3 is 2.83 bits per heavy atom. The fourth-order valence-corrected chi connectivity index (χ4v) is 3.95. The average Bonchev–Trinajstić information content (AvgIpc) is 3.15. The molecule has 0 aromatic carbocycles. The molecule has 0 unspecified atom stereocenters. The van der Waals surface area contributed by atoms with Crippen molar-refractivity contribution >= 4 is 33.1 Å². The molecule has 1 aliphatic rings. The molecule has 1 fully saturated rings. The second-order valence-electron chi connectivity index (χ2n) is 5.39. The lowest BCUT2D eigenvalue weighted by atomic mass is 10.2. The number of ether oxygens (including phenoxy) is 1. The number of aromatic nitrogens is 2. The lowest BCUT2D eigenvalue weighted by Gasteiger charge is -2.11. The minimum atomic E-state index is -3.96. The molecule has 1 saturated carbocycles. The Morgan fingerprint density at radius 2 is 2.25 bits per heavy atom. The number of pyridine rings is 1. The molecule has 0 saturated heterocycles. The first-order valence-corrected chi connectivity index (χ1v) is 8.98. The summed E-state index contributed by atoms with van der Waals surface area (Å²) in [5.41, 5.74) is -0.734. The maximum absolute atomic E-state index is 12.5. The summed E-state index contributed by atoms with van der Waals surface area (Å²) in [6.45, 7) is 1.83. The lowest BCUT2D eigenvalue weighted by molar-refractivity contribution is 0.0528. The first-order valence-electron chi connectivity index (χ1n) is 7.11. The van der Waals surface area contributed by atoms with Gasteiger partial charge in [0.25, 0.3) is 0 Å². The third-order valence-corrected chi connectivity index (χ3v) is 5.43. The molecule has 10 heteroatoms. The number of carbonyl (C=O) groups excluding carboxylic acids is 1. The van der Waals surface area contributed by atoms with Gasteiger partial charge in [0.1, 0.15) is 16.3 Å². The van der Waals surface area contributed by atoms with Crippen molar-refractivity contribution in [3.63, 3.8) is 0 Å². The molecule has 0 atom stereocenters. The van der Waals surface area contributed by atoms with Crippen molar-refractivity contribution in [1.82, 2.24) is 14.3 Å². The van der Waals surface area contributed by atoms with Gasteiger partial charge in [0.2, 0.25) is 10.0 Å². The summed E-state index contributed by atoms with van der Waals surface area (Å²) in [6.07, 6.45) is 2.18. The Morgan fingerprint density at radius 1 is 1.54 bits per heavy atom. The molecule has 0 radical (unpaired) electrons. The summed E-state index contributed by atoms with van der Waals surface area (Å²) in [5, 5.41) is 13.0. The number of hydrogen-bond acceptors (Lipinski definition) is 6. The van der Waals surface area contributed by atoms with E-state index >= 15 is 0 Å². The number of esters is 1. The number of halogens is 1. The van der Waals surface area contributed by atoms with E-state index in [-0.39, 0.29) is 27.7 Å². The van der Waals surface area contributed by atoms with E-state index in [1.54, 1.807) is 6.92 Å². The van der Waals surface area contributed by atoms with Crippen LogP contribution in [0.4, 0.5) is 0 Å². The topological polar surface area (TPSA) is 114 Å². The zero-order valence-electron chi connectivity index (χ0n) is 12.6. The van der Waals surface area contributed by atoms with Crippen molar-refractivity contribution < 1.29 is 17.9 Å². The smallest absolute Gasteiger partial charge is 0.341 e. The average molecular weight is 369 g/mol. The fraction of sp³-hybridized carbons (Fsp3) is 0.357. The molecular weight excluding hydrogens is 356 g/mol. The van der Waals surface area contributed by atoms with Crippen LogP contribution in [-0.4, -0.2) is 36.1 Å². The summed E-state index contributed by atoms with van der Waals surface area (Å²) >= 11 is 6.08. The Kier molecular flexibility index (Phi) is 3.99. The van der Waals surface area contributed by atoms with Crippen molar-refractivity contribution in [3.8, 4) is 6.07 Å². The van der Waals surface area contributed by atoms with Gasteiger partial charge in [-0.3, -0.25) is 0 Å². The van der Waals surface area contributed by atoms with Gasteiger partial charge in [-0.15, -0.1) is 0 Å². The van der Waals surface area contributed by atoms with E-state index in [4.69, 9.17) is 21.6 Å². The zero-order chi connectivity index (χ0) is 17.5. The summed E-state index contributed by atoms with van der Waals surface area (Å²) in [4.78, 5) is 11.8. The van der Waals surface area contributed by atoms with Gasteiger partial charge >= 0.3 is 5.97 Å². The molecular formula is C14H13ClN4O4S. The molecule has 126 valence electrons. The second kappa shape index (κ2) is 5.73. The van der Waals surface area contributed by atoms with Crippen LogP contribution in [0.1, 0.15) is 30.1 Å². The van der Waals surface area contributed by atoms with E-state index in [1.807, 2.05) is 6.07 Å². The van der Waals surface area contributed by atoms with Crippen molar-refractivity contribution in [2.45, 2.75) is 30.2 Å². The normalized spacial score (nSPS) is 15.9. The molecule has 24 heavy (non-hydrogen) atoms. The van der Waals surface area contributed by atoms with E-state index in [1.165, 1.54) is 22.8 Å². The highest BCUT2D eigenvalue weighted by molar-refractivity contribution is 7.89. The van der Waals surface area contributed by atoms with Crippen LogP contribution in [-0.2, 0) is 14.8 Å². The third kappa shape index (κ3) is 2.84. The van der Waals surface area contributed by atoms with E-state index in [9.17, 15) is 13.2 Å². The number of hydrogen-bond donors (Lipinski definition) is 1. The molecule has 0 spiro atoms.